The van der Waals surface area contributed by atoms with Gasteiger partial charge in [0.1, 0.15) is 16.7 Å². The Hall–Kier alpha value is -2.07. The minimum absolute atomic E-state index is 0.0598. The number of hydrogen-bond donors (Lipinski definition) is 3. The van der Waals surface area contributed by atoms with Crippen LogP contribution in [0.4, 0.5) is 17.5 Å². The molecule has 1 fully saturated rings. The Morgan fingerprint density at radius 3 is 2.66 bits per heavy atom. The maximum atomic E-state index is 6.73. The van der Waals surface area contributed by atoms with E-state index in [-0.39, 0.29) is 17.3 Å². The summed E-state index contributed by atoms with van der Waals surface area (Å²) < 4.78 is 1.08. The Morgan fingerprint density at radius 1 is 1.12 bits per heavy atom. The summed E-state index contributed by atoms with van der Waals surface area (Å²) in [6.07, 6.45) is 6.42. The second kappa shape index (κ2) is 8.37. The molecule has 5 rings (SSSR count). The summed E-state index contributed by atoms with van der Waals surface area (Å²) in [5, 5.41) is 0.985. The van der Waals surface area contributed by atoms with Crippen molar-refractivity contribution >= 4 is 56.7 Å². The molecule has 32 heavy (non-hydrogen) atoms. The summed E-state index contributed by atoms with van der Waals surface area (Å²) in [5.41, 5.74) is 21.5. The maximum Gasteiger partial charge on any atom is 0.158 e. The lowest BCUT2D eigenvalue weighted by Crippen LogP contribution is -2.44. The molecule has 2 aromatic heterocycles. The first-order valence-electron chi connectivity index (χ1n) is 10.4. The average molecular weight is 533 g/mol. The SMILES string of the molecule is Nc1nc(N2CCC3(CC2)Cc2ccc(Br)cc2C3N)cnc1Sc1ccnc(N)c1Cl. The van der Waals surface area contributed by atoms with Gasteiger partial charge in [-0.05, 0) is 54.0 Å². The molecular formula is C22H23BrClN7S. The van der Waals surface area contributed by atoms with Crippen molar-refractivity contribution < 1.29 is 0 Å². The number of anilines is 3. The number of nitrogens with zero attached hydrogens (tertiary/aromatic N) is 4. The minimum Gasteiger partial charge on any atom is -0.382 e. The molecule has 7 nitrogen and oxygen atoms in total. The molecule has 1 aromatic carbocycles. The highest BCUT2D eigenvalue weighted by atomic mass is 79.9. The summed E-state index contributed by atoms with van der Waals surface area (Å²) in [6.45, 7) is 1.74. The second-order valence-electron chi connectivity index (χ2n) is 8.38. The van der Waals surface area contributed by atoms with Crippen molar-refractivity contribution in [3.63, 3.8) is 0 Å². The van der Waals surface area contributed by atoms with Crippen molar-refractivity contribution in [1.29, 1.82) is 0 Å². The standard InChI is InChI=1S/C22H23BrClN7S/c23-13-2-1-12-10-22(18(25)14(12)9-13)4-7-31(8-5-22)16-11-29-21(20(27)30-16)32-15-3-6-28-19(26)17(15)24/h1-3,6,9,11,18H,4-5,7-8,10,25H2,(H2,26,28)(H2,27,30). The first-order valence-corrected chi connectivity index (χ1v) is 12.3. The van der Waals surface area contributed by atoms with Gasteiger partial charge in [-0.3, -0.25) is 0 Å². The topological polar surface area (TPSA) is 120 Å². The highest BCUT2D eigenvalue weighted by molar-refractivity contribution is 9.10. The van der Waals surface area contributed by atoms with Crippen LogP contribution >= 0.6 is 39.3 Å². The van der Waals surface area contributed by atoms with Crippen molar-refractivity contribution in [3.05, 3.63) is 57.3 Å². The van der Waals surface area contributed by atoms with Crippen molar-refractivity contribution in [1.82, 2.24) is 15.0 Å². The minimum atomic E-state index is 0.0598. The number of nitrogen functional groups attached to an aromatic ring is 2. The Bertz CT molecular complexity index is 1180. The molecule has 166 valence electrons. The summed E-state index contributed by atoms with van der Waals surface area (Å²) in [4.78, 5) is 16.1. The molecule has 0 radical (unpaired) electrons. The number of rotatable bonds is 3. The summed E-state index contributed by atoms with van der Waals surface area (Å²) in [6, 6.07) is 8.32. The van der Waals surface area contributed by atoms with Crippen LogP contribution in [-0.2, 0) is 6.42 Å². The molecule has 1 aliphatic carbocycles. The third kappa shape index (κ3) is 3.81. The molecule has 1 unspecified atom stereocenters. The van der Waals surface area contributed by atoms with Crippen molar-refractivity contribution in [3.8, 4) is 0 Å². The molecule has 3 heterocycles. The molecule has 3 aromatic rings. The van der Waals surface area contributed by atoms with Crippen molar-refractivity contribution in [2.75, 3.05) is 29.5 Å². The van der Waals surface area contributed by atoms with Gasteiger partial charge in [0, 0.05) is 34.7 Å². The van der Waals surface area contributed by atoms with Crippen LogP contribution in [0.25, 0.3) is 0 Å². The van der Waals surface area contributed by atoms with Crippen LogP contribution in [0, 0.1) is 5.41 Å². The van der Waals surface area contributed by atoms with E-state index in [0.29, 0.717) is 15.9 Å². The number of fused-ring (bicyclic) bond motifs is 1. The van der Waals surface area contributed by atoms with Gasteiger partial charge in [-0.2, -0.15) is 0 Å². The fourth-order valence-electron chi connectivity index (χ4n) is 4.74. The van der Waals surface area contributed by atoms with Crippen LogP contribution in [-0.4, -0.2) is 28.0 Å². The molecule has 2 aliphatic rings. The van der Waals surface area contributed by atoms with E-state index >= 15 is 0 Å². The Balaban J connectivity index is 1.29. The Labute approximate surface area is 204 Å². The van der Waals surface area contributed by atoms with Crippen LogP contribution in [0.15, 0.2) is 51.1 Å². The first-order chi connectivity index (χ1) is 15.4. The van der Waals surface area contributed by atoms with Gasteiger partial charge in [0.05, 0.1) is 11.2 Å². The zero-order valence-electron chi connectivity index (χ0n) is 17.3. The van der Waals surface area contributed by atoms with Gasteiger partial charge >= 0.3 is 0 Å². The highest BCUT2D eigenvalue weighted by Gasteiger charge is 2.46. The number of nitrogens with two attached hydrogens (primary N) is 3. The van der Waals surface area contributed by atoms with Crippen molar-refractivity contribution in [2.45, 2.75) is 35.2 Å². The predicted octanol–water partition coefficient (Wildman–Crippen LogP) is 4.45. The van der Waals surface area contributed by atoms with E-state index < -0.39 is 0 Å². The summed E-state index contributed by atoms with van der Waals surface area (Å²) >= 11 is 11.2. The van der Waals surface area contributed by atoms with Gasteiger partial charge in [0.15, 0.2) is 5.82 Å². The summed E-state index contributed by atoms with van der Waals surface area (Å²) in [5.74, 6) is 1.43. The molecular weight excluding hydrogens is 510 g/mol. The monoisotopic (exact) mass is 531 g/mol. The number of hydrogen-bond acceptors (Lipinski definition) is 8. The molecule has 0 saturated carbocycles. The Morgan fingerprint density at radius 2 is 1.91 bits per heavy atom. The van der Waals surface area contributed by atoms with E-state index in [1.54, 1.807) is 18.5 Å². The molecule has 10 heteroatoms. The van der Waals surface area contributed by atoms with Crippen LogP contribution < -0.4 is 22.1 Å². The van der Waals surface area contributed by atoms with Crippen LogP contribution in [0.5, 0.6) is 0 Å². The second-order valence-corrected chi connectivity index (χ2v) is 10.7. The predicted molar refractivity (Wildman–Crippen MR) is 133 cm³/mol. The molecule has 0 bridgehead atoms. The fraction of sp³-hybridized carbons (Fsp3) is 0.318. The smallest absolute Gasteiger partial charge is 0.158 e. The van der Waals surface area contributed by atoms with E-state index in [1.807, 2.05) is 0 Å². The van der Waals surface area contributed by atoms with Crippen molar-refractivity contribution in [2.24, 2.45) is 11.1 Å². The van der Waals surface area contributed by atoms with Gasteiger partial charge in [0.25, 0.3) is 0 Å². The maximum absolute atomic E-state index is 6.73. The van der Waals surface area contributed by atoms with E-state index in [0.717, 1.165) is 47.5 Å². The Kier molecular flexibility index (Phi) is 5.69. The molecule has 1 atom stereocenters. The molecule has 6 N–H and O–H groups in total. The number of halogens is 2. The largest absolute Gasteiger partial charge is 0.382 e. The van der Waals surface area contributed by atoms with E-state index in [1.165, 1.54) is 22.9 Å². The van der Waals surface area contributed by atoms with Gasteiger partial charge in [-0.25, -0.2) is 15.0 Å². The number of piperidine rings is 1. The quantitative estimate of drug-likeness (QED) is 0.453. The molecule has 0 amide bonds. The van der Waals surface area contributed by atoms with Gasteiger partial charge < -0.3 is 22.1 Å². The zero-order chi connectivity index (χ0) is 22.5. The lowest BCUT2D eigenvalue weighted by atomic mass is 9.73. The van der Waals surface area contributed by atoms with E-state index in [2.05, 4.69) is 54.0 Å². The zero-order valence-corrected chi connectivity index (χ0v) is 20.4. The normalized spacial score (nSPS) is 19.3. The van der Waals surface area contributed by atoms with Crippen LogP contribution in [0.1, 0.15) is 30.0 Å². The first kappa shape index (κ1) is 21.8. The summed E-state index contributed by atoms with van der Waals surface area (Å²) in [7, 11) is 0. The lowest BCUT2D eigenvalue weighted by Gasteiger charge is -2.42. The third-order valence-corrected chi connectivity index (χ3v) is 8.64. The van der Waals surface area contributed by atoms with Gasteiger partial charge in [-0.15, -0.1) is 0 Å². The number of pyridine rings is 1. The average Bonchev–Trinajstić information content (AvgIpc) is 3.04. The van der Waals surface area contributed by atoms with E-state index in [4.69, 9.17) is 28.8 Å². The fourth-order valence-corrected chi connectivity index (χ4v) is 6.14. The van der Waals surface area contributed by atoms with Gasteiger partial charge in [-0.1, -0.05) is 45.4 Å². The van der Waals surface area contributed by atoms with Crippen LogP contribution in [0.2, 0.25) is 5.02 Å². The third-order valence-electron chi connectivity index (χ3n) is 6.57. The highest BCUT2D eigenvalue weighted by Crippen LogP contribution is 2.51. The number of benzene rings is 1. The molecule has 1 spiro atoms. The van der Waals surface area contributed by atoms with Gasteiger partial charge in [0.2, 0.25) is 0 Å². The molecule has 1 aliphatic heterocycles. The number of aromatic nitrogens is 3. The van der Waals surface area contributed by atoms with E-state index in [9.17, 15) is 0 Å². The van der Waals surface area contributed by atoms with Crippen LogP contribution in [0.3, 0.4) is 0 Å². The lowest BCUT2D eigenvalue weighted by molar-refractivity contribution is 0.187. The molecule has 1 saturated heterocycles.